The summed E-state index contributed by atoms with van der Waals surface area (Å²) in [7, 11) is 0. The summed E-state index contributed by atoms with van der Waals surface area (Å²) in [4.78, 5) is 24.4. The predicted octanol–water partition coefficient (Wildman–Crippen LogP) is 3.94. The highest BCUT2D eigenvalue weighted by atomic mass is 19.3. The molecule has 2 aliphatic rings. The number of alkyl halides is 2. The largest absolute Gasteiger partial charge is 0.586 e. The van der Waals surface area contributed by atoms with Crippen LogP contribution in [0.5, 0.6) is 23.0 Å². The molecule has 176 valence electrons. The molecule has 9 nitrogen and oxygen atoms in total. The maximum atomic E-state index is 13.2. The maximum absolute atomic E-state index is 13.2. The van der Waals surface area contributed by atoms with Gasteiger partial charge in [-0.25, -0.2) is 9.78 Å². The summed E-state index contributed by atoms with van der Waals surface area (Å²) in [5.74, 6) is 1.25. The molecule has 1 aromatic heterocycles. The molecule has 1 saturated heterocycles. The topological polar surface area (TPSA) is 89.1 Å². The van der Waals surface area contributed by atoms with Crippen molar-refractivity contribution < 1.29 is 27.8 Å². The number of halogens is 2. The van der Waals surface area contributed by atoms with E-state index in [-0.39, 0.29) is 17.5 Å². The lowest BCUT2D eigenvalue weighted by Crippen LogP contribution is -2.49. The number of carbonyl (C=O) groups is 1. The number of aromatic nitrogens is 2. The molecular formula is C23H21F2N5O4. The second kappa shape index (κ2) is 9.10. The molecule has 34 heavy (non-hydrogen) atoms. The highest BCUT2D eigenvalue weighted by Gasteiger charge is 2.43. The fourth-order valence-electron chi connectivity index (χ4n) is 3.76. The zero-order valence-electron chi connectivity index (χ0n) is 18.0. The van der Waals surface area contributed by atoms with Crippen LogP contribution in [0, 0.1) is 0 Å². The van der Waals surface area contributed by atoms with Crippen LogP contribution in [0.3, 0.4) is 0 Å². The number of hydrogen-bond acceptors (Lipinski definition) is 7. The van der Waals surface area contributed by atoms with E-state index >= 15 is 0 Å². The molecule has 1 N–H and O–H groups in total. The van der Waals surface area contributed by atoms with Crippen molar-refractivity contribution in [1.29, 1.82) is 0 Å². The molecule has 2 amide bonds. The summed E-state index contributed by atoms with van der Waals surface area (Å²) in [6.07, 6.45) is 0.907. The highest BCUT2D eigenvalue weighted by molar-refractivity contribution is 5.88. The summed E-state index contributed by atoms with van der Waals surface area (Å²) >= 11 is 0. The second-order valence-corrected chi connectivity index (χ2v) is 7.81. The Morgan fingerprint density at radius 2 is 1.82 bits per heavy atom. The van der Waals surface area contributed by atoms with E-state index in [9.17, 15) is 13.6 Å². The number of carbonyl (C=O) groups excluding carboxylic acids is 1. The number of benzene rings is 2. The predicted molar refractivity (Wildman–Crippen MR) is 117 cm³/mol. The SMILES string of the molecule is O=C(Nc1cnccn1)N1CCN(Cc2cccc(Oc3ccc4c(c3)OC(F)(F)O4)c2)CC1. The Morgan fingerprint density at radius 3 is 2.62 bits per heavy atom. The Labute approximate surface area is 193 Å². The highest BCUT2D eigenvalue weighted by Crippen LogP contribution is 2.43. The van der Waals surface area contributed by atoms with Gasteiger partial charge in [0.15, 0.2) is 17.3 Å². The Bertz CT molecular complexity index is 1170. The van der Waals surface area contributed by atoms with E-state index in [4.69, 9.17) is 4.74 Å². The van der Waals surface area contributed by atoms with Gasteiger partial charge < -0.3 is 19.1 Å². The molecule has 2 aliphatic heterocycles. The summed E-state index contributed by atoms with van der Waals surface area (Å²) in [6, 6.07) is 11.6. The number of hydrogen-bond donors (Lipinski definition) is 1. The molecule has 0 aliphatic carbocycles. The lowest BCUT2D eigenvalue weighted by atomic mass is 10.2. The molecule has 5 rings (SSSR count). The molecular weight excluding hydrogens is 448 g/mol. The van der Waals surface area contributed by atoms with Crippen molar-refractivity contribution >= 4 is 11.8 Å². The molecule has 0 spiro atoms. The quantitative estimate of drug-likeness (QED) is 0.606. The molecule has 3 aromatic rings. The summed E-state index contributed by atoms with van der Waals surface area (Å²) < 4.78 is 41.1. The molecule has 1 fully saturated rings. The average Bonchev–Trinajstić information content (AvgIpc) is 3.13. The molecule has 11 heteroatoms. The minimum atomic E-state index is -3.67. The molecule has 0 radical (unpaired) electrons. The van der Waals surface area contributed by atoms with Gasteiger partial charge in [-0.1, -0.05) is 12.1 Å². The van der Waals surface area contributed by atoms with Gasteiger partial charge in [0, 0.05) is 51.2 Å². The van der Waals surface area contributed by atoms with Crippen LogP contribution in [0.4, 0.5) is 19.4 Å². The maximum Gasteiger partial charge on any atom is 0.586 e. The third-order valence-electron chi connectivity index (χ3n) is 5.37. The number of nitrogens with zero attached hydrogens (tertiary/aromatic N) is 4. The Hall–Kier alpha value is -3.99. The molecule has 0 atom stereocenters. The van der Waals surface area contributed by atoms with Crippen molar-refractivity contribution in [3.8, 4) is 23.0 Å². The number of anilines is 1. The van der Waals surface area contributed by atoms with Gasteiger partial charge in [0.2, 0.25) is 0 Å². The van der Waals surface area contributed by atoms with Gasteiger partial charge in [-0.3, -0.25) is 15.2 Å². The van der Waals surface area contributed by atoms with Gasteiger partial charge in [-0.2, -0.15) is 0 Å². The first-order chi connectivity index (χ1) is 16.4. The van der Waals surface area contributed by atoms with Gasteiger partial charge in [-0.15, -0.1) is 8.78 Å². The minimum absolute atomic E-state index is 0.0318. The van der Waals surface area contributed by atoms with Gasteiger partial charge in [0.05, 0.1) is 6.20 Å². The first-order valence-corrected chi connectivity index (χ1v) is 10.6. The third kappa shape index (κ3) is 5.15. The van der Waals surface area contributed by atoms with Crippen LogP contribution in [-0.2, 0) is 6.54 Å². The zero-order chi connectivity index (χ0) is 23.5. The number of amides is 2. The van der Waals surface area contributed by atoms with Crippen molar-refractivity contribution in [3.05, 3.63) is 66.6 Å². The van der Waals surface area contributed by atoms with E-state index in [0.29, 0.717) is 37.0 Å². The standard InChI is InChI=1S/C23H21F2N5O4/c24-23(25)33-19-5-4-18(13-20(19)34-23)32-17-3-1-2-16(12-17)15-29-8-10-30(11-9-29)22(31)28-21-14-26-6-7-27-21/h1-7,12-14H,8-11,15H2,(H,27,28,31). The van der Waals surface area contributed by atoms with Crippen LogP contribution in [0.1, 0.15) is 5.56 Å². The van der Waals surface area contributed by atoms with E-state index in [1.54, 1.807) is 23.2 Å². The van der Waals surface area contributed by atoms with Crippen LogP contribution in [-0.4, -0.2) is 58.3 Å². The van der Waals surface area contributed by atoms with Crippen molar-refractivity contribution in [1.82, 2.24) is 19.8 Å². The monoisotopic (exact) mass is 469 g/mol. The van der Waals surface area contributed by atoms with Gasteiger partial charge in [-0.05, 0) is 29.8 Å². The van der Waals surface area contributed by atoms with Crippen LogP contribution in [0.2, 0.25) is 0 Å². The number of nitrogens with one attached hydrogen (secondary N) is 1. The summed E-state index contributed by atoms with van der Waals surface area (Å²) in [5, 5.41) is 2.75. The second-order valence-electron chi connectivity index (χ2n) is 7.81. The lowest BCUT2D eigenvalue weighted by molar-refractivity contribution is -0.286. The van der Waals surface area contributed by atoms with Gasteiger partial charge >= 0.3 is 12.3 Å². The Kier molecular flexibility index (Phi) is 5.84. The van der Waals surface area contributed by atoms with Crippen molar-refractivity contribution in [2.75, 3.05) is 31.5 Å². The number of fused-ring (bicyclic) bond motifs is 1. The van der Waals surface area contributed by atoms with Crippen LogP contribution >= 0.6 is 0 Å². The number of urea groups is 1. The molecule has 0 bridgehead atoms. The third-order valence-corrected chi connectivity index (χ3v) is 5.37. The normalized spacial score (nSPS) is 16.8. The Morgan fingerprint density at radius 1 is 1.03 bits per heavy atom. The van der Waals surface area contributed by atoms with Crippen molar-refractivity contribution in [2.24, 2.45) is 0 Å². The van der Waals surface area contributed by atoms with Crippen LogP contribution in [0.25, 0.3) is 0 Å². The molecule has 3 heterocycles. The van der Waals surface area contributed by atoms with Gasteiger partial charge in [0.25, 0.3) is 0 Å². The number of ether oxygens (including phenoxy) is 3. The first-order valence-electron chi connectivity index (χ1n) is 10.6. The fourth-order valence-corrected chi connectivity index (χ4v) is 3.76. The average molecular weight is 469 g/mol. The molecule has 0 unspecified atom stereocenters. The first kappa shape index (κ1) is 21.8. The van der Waals surface area contributed by atoms with E-state index in [2.05, 4.69) is 29.7 Å². The molecule has 2 aromatic carbocycles. The minimum Gasteiger partial charge on any atom is -0.457 e. The van der Waals surface area contributed by atoms with Crippen molar-refractivity contribution in [2.45, 2.75) is 12.8 Å². The van der Waals surface area contributed by atoms with E-state index in [1.165, 1.54) is 24.5 Å². The van der Waals surface area contributed by atoms with E-state index in [1.807, 2.05) is 18.2 Å². The molecule has 0 saturated carbocycles. The summed E-state index contributed by atoms with van der Waals surface area (Å²) in [5.41, 5.74) is 1.03. The lowest BCUT2D eigenvalue weighted by Gasteiger charge is -2.34. The van der Waals surface area contributed by atoms with Gasteiger partial charge in [0.1, 0.15) is 11.5 Å². The smallest absolute Gasteiger partial charge is 0.457 e. The number of rotatable bonds is 5. The fraction of sp³-hybridized carbons (Fsp3) is 0.261. The van der Waals surface area contributed by atoms with Crippen molar-refractivity contribution in [3.63, 3.8) is 0 Å². The van der Waals surface area contributed by atoms with Crippen LogP contribution in [0.15, 0.2) is 61.1 Å². The number of piperazine rings is 1. The Balaban J connectivity index is 1.14. The van der Waals surface area contributed by atoms with E-state index < -0.39 is 6.29 Å². The van der Waals surface area contributed by atoms with E-state index in [0.717, 1.165) is 18.7 Å². The summed E-state index contributed by atoms with van der Waals surface area (Å²) in [6.45, 7) is 3.29. The van der Waals surface area contributed by atoms with Crippen LogP contribution < -0.4 is 19.5 Å². The zero-order valence-corrected chi connectivity index (χ0v) is 18.0.